The summed E-state index contributed by atoms with van der Waals surface area (Å²) in [5, 5.41) is 2.97. The quantitative estimate of drug-likeness (QED) is 0.516. The molecule has 0 unspecified atom stereocenters. The van der Waals surface area contributed by atoms with Gasteiger partial charge in [0.1, 0.15) is 17.1 Å². The van der Waals surface area contributed by atoms with Gasteiger partial charge in [-0.05, 0) is 61.0 Å². The summed E-state index contributed by atoms with van der Waals surface area (Å²) in [6, 6.07) is 19.1. The number of methoxy groups -OCH3 is 2. The average molecular weight is 401 g/mol. The van der Waals surface area contributed by atoms with Gasteiger partial charge in [0.15, 0.2) is 0 Å². The standard InChI is InChI=1S/C24H23N3O3/c1-16-24(18-6-11-21(30-3)12-7-18)26-22-13-8-19(15-27(16)22)25-23(28)14-17-4-9-20(29-2)10-5-17/h4-13,15H,14H2,1-3H3,(H,25,28). The summed E-state index contributed by atoms with van der Waals surface area (Å²) in [4.78, 5) is 17.2. The molecule has 0 radical (unpaired) electrons. The summed E-state index contributed by atoms with van der Waals surface area (Å²) in [7, 11) is 3.27. The average Bonchev–Trinajstić information content (AvgIpc) is 3.10. The van der Waals surface area contributed by atoms with E-state index in [9.17, 15) is 4.79 Å². The van der Waals surface area contributed by atoms with E-state index in [2.05, 4.69) is 5.32 Å². The lowest BCUT2D eigenvalue weighted by Crippen LogP contribution is -2.14. The molecular weight excluding hydrogens is 378 g/mol. The molecular formula is C24H23N3O3. The van der Waals surface area contributed by atoms with Gasteiger partial charge in [0.2, 0.25) is 5.91 Å². The first-order chi connectivity index (χ1) is 14.6. The molecule has 6 nitrogen and oxygen atoms in total. The summed E-state index contributed by atoms with van der Waals surface area (Å²) in [6.07, 6.45) is 2.19. The highest BCUT2D eigenvalue weighted by atomic mass is 16.5. The van der Waals surface area contributed by atoms with Crippen LogP contribution in [0.15, 0.2) is 66.9 Å². The van der Waals surface area contributed by atoms with E-state index in [1.165, 1.54) is 0 Å². The van der Waals surface area contributed by atoms with Crippen LogP contribution in [0.4, 0.5) is 5.69 Å². The van der Waals surface area contributed by atoms with Crippen molar-refractivity contribution in [3.8, 4) is 22.8 Å². The minimum atomic E-state index is -0.0762. The van der Waals surface area contributed by atoms with Gasteiger partial charge in [-0.3, -0.25) is 4.79 Å². The number of carbonyl (C=O) groups is 1. The van der Waals surface area contributed by atoms with Crippen LogP contribution >= 0.6 is 0 Å². The topological polar surface area (TPSA) is 64.9 Å². The van der Waals surface area contributed by atoms with Gasteiger partial charge in [0, 0.05) is 17.5 Å². The number of ether oxygens (including phenoxy) is 2. The van der Waals surface area contributed by atoms with Crippen LogP contribution in [0.5, 0.6) is 11.5 Å². The molecule has 0 fully saturated rings. The molecule has 2 heterocycles. The van der Waals surface area contributed by atoms with E-state index in [1.54, 1.807) is 14.2 Å². The molecule has 0 spiro atoms. The van der Waals surface area contributed by atoms with Crippen molar-refractivity contribution in [3.63, 3.8) is 0 Å². The van der Waals surface area contributed by atoms with Crippen LogP contribution < -0.4 is 14.8 Å². The molecule has 2 aromatic heterocycles. The van der Waals surface area contributed by atoms with E-state index < -0.39 is 0 Å². The number of aromatic nitrogens is 2. The summed E-state index contributed by atoms with van der Waals surface area (Å²) >= 11 is 0. The zero-order valence-electron chi connectivity index (χ0n) is 17.2. The van der Waals surface area contributed by atoms with E-state index in [-0.39, 0.29) is 5.91 Å². The van der Waals surface area contributed by atoms with E-state index >= 15 is 0 Å². The van der Waals surface area contributed by atoms with Crippen LogP contribution in [-0.4, -0.2) is 29.5 Å². The second kappa shape index (κ2) is 8.29. The molecule has 0 saturated heterocycles. The van der Waals surface area contributed by atoms with Crippen molar-refractivity contribution in [2.24, 2.45) is 0 Å². The SMILES string of the molecule is COc1ccc(CC(=O)Nc2ccc3nc(-c4ccc(OC)cc4)c(C)n3c2)cc1. The van der Waals surface area contributed by atoms with Crippen LogP contribution in [0.1, 0.15) is 11.3 Å². The zero-order chi connectivity index (χ0) is 21.1. The minimum absolute atomic E-state index is 0.0762. The second-order valence-corrected chi connectivity index (χ2v) is 6.99. The number of amides is 1. The lowest BCUT2D eigenvalue weighted by molar-refractivity contribution is -0.115. The smallest absolute Gasteiger partial charge is 0.228 e. The Labute approximate surface area is 175 Å². The van der Waals surface area contributed by atoms with Gasteiger partial charge >= 0.3 is 0 Å². The molecule has 0 aliphatic heterocycles. The highest BCUT2D eigenvalue weighted by Gasteiger charge is 2.12. The van der Waals surface area contributed by atoms with Gasteiger partial charge in [0.05, 0.1) is 32.0 Å². The predicted molar refractivity (Wildman–Crippen MR) is 117 cm³/mol. The Kier molecular flexibility index (Phi) is 5.39. The monoisotopic (exact) mass is 401 g/mol. The van der Waals surface area contributed by atoms with E-state index in [4.69, 9.17) is 14.5 Å². The first-order valence-electron chi connectivity index (χ1n) is 9.63. The van der Waals surface area contributed by atoms with Gasteiger partial charge in [-0.1, -0.05) is 12.1 Å². The number of carbonyl (C=O) groups excluding carboxylic acids is 1. The number of anilines is 1. The third-order valence-corrected chi connectivity index (χ3v) is 5.03. The van der Waals surface area contributed by atoms with Crippen molar-refractivity contribution >= 4 is 17.2 Å². The number of benzene rings is 2. The molecule has 0 saturated carbocycles. The summed E-state index contributed by atoms with van der Waals surface area (Å²) in [5.41, 5.74) is 5.40. The second-order valence-electron chi connectivity index (χ2n) is 6.99. The Morgan fingerprint density at radius 2 is 1.57 bits per heavy atom. The zero-order valence-corrected chi connectivity index (χ0v) is 17.2. The highest BCUT2D eigenvalue weighted by Crippen LogP contribution is 2.26. The van der Waals surface area contributed by atoms with Crippen molar-refractivity contribution in [3.05, 3.63) is 78.1 Å². The number of imidazole rings is 1. The van der Waals surface area contributed by atoms with E-state index in [0.29, 0.717) is 6.42 Å². The molecule has 0 atom stereocenters. The van der Waals surface area contributed by atoms with Gasteiger partial charge in [-0.15, -0.1) is 0 Å². The lowest BCUT2D eigenvalue weighted by Gasteiger charge is -2.07. The van der Waals surface area contributed by atoms with Crippen molar-refractivity contribution in [2.75, 3.05) is 19.5 Å². The predicted octanol–water partition coefficient (Wildman–Crippen LogP) is 4.51. The van der Waals surface area contributed by atoms with Crippen molar-refractivity contribution < 1.29 is 14.3 Å². The Morgan fingerprint density at radius 1 is 0.933 bits per heavy atom. The molecule has 4 aromatic rings. The largest absolute Gasteiger partial charge is 0.497 e. The Morgan fingerprint density at radius 3 is 2.20 bits per heavy atom. The van der Waals surface area contributed by atoms with Crippen molar-refractivity contribution in [1.29, 1.82) is 0 Å². The van der Waals surface area contributed by atoms with Crippen LogP contribution in [-0.2, 0) is 11.2 Å². The first-order valence-corrected chi connectivity index (χ1v) is 9.63. The summed E-state index contributed by atoms with van der Waals surface area (Å²) in [6.45, 7) is 2.02. The third-order valence-electron chi connectivity index (χ3n) is 5.03. The molecule has 0 aliphatic rings. The lowest BCUT2D eigenvalue weighted by atomic mass is 10.1. The number of nitrogens with zero attached hydrogens (tertiary/aromatic N) is 2. The maximum absolute atomic E-state index is 12.5. The fraction of sp³-hybridized carbons (Fsp3) is 0.167. The van der Waals surface area contributed by atoms with Gasteiger partial charge in [-0.25, -0.2) is 4.98 Å². The van der Waals surface area contributed by atoms with Gasteiger partial charge < -0.3 is 19.2 Å². The summed E-state index contributed by atoms with van der Waals surface area (Å²) < 4.78 is 12.4. The summed E-state index contributed by atoms with van der Waals surface area (Å²) in [5.74, 6) is 1.50. The van der Waals surface area contributed by atoms with E-state index in [0.717, 1.165) is 45.3 Å². The third kappa shape index (κ3) is 3.98. The normalized spacial score (nSPS) is 10.8. The van der Waals surface area contributed by atoms with Crippen molar-refractivity contribution in [2.45, 2.75) is 13.3 Å². The van der Waals surface area contributed by atoms with Crippen LogP contribution in [0.3, 0.4) is 0 Å². The molecule has 4 rings (SSSR count). The maximum Gasteiger partial charge on any atom is 0.228 e. The van der Waals surface area contributed by atoms with E-state index in [1.807, 2.05) is 78.2 Å². The number of hydrogen-bond acceptors (Lipinski definition) is 4. The molecule has 0 bridgehead atoms. The first kappa shape index (κ1) is 19.5. The number of aryl methyl sites for hydroxylation is 1. The Balaban J connectivity index is 1.53. The van der Waals surface area contributed by atoms with Gasteiger partial charge in [-0.2, -0.15) is 0 Å². The fourth-order valence-electron chi connectivity index (χ4n) is 3.39. The highest BCUT2D eigenvalue weighted by molar-refractivity contribution is 5.92. The fourth-order valence-corrected chi connectivity index (χ4v) is 3.39. The number of fused-ring (bicyclic) bond motifs is 1. The number of nitrogens with one attached hydrogen (secondary N) is 1. The molecule has 2 aromatic carbocycles. The van der Waals surface area contributed by atoms with Crippen LogP contribution in [0.2, 0.25) is 0 Å². The van der Waals surface area contributed by atoms with Crippen LogP contribution in [0.25, 0.3) is 16.9 Å². The number of pyridine rings is 1. The Bertz CT molecular complexity index is 1180. The molecule has 6 heteroatoms. The Hall–Kier alpha value is -3.80. The number of hydrogen-bond donors (Lipinski definition) is 1. The molecule has 30 heavy (non-hydrogen) atoms. The molecule has 0 aliphatic carbocycles. The maximum atomic E-state index is 12.5. The molecule has 1 amide bonds. The van der Waals surface area contributed by atoms with Crippen molar-refractivity contribution in [1.82, 2.24) is 9.38 Å². The van der Waals surface area contributed by atoms with Crippen LogP contribution in [0, 0.1) is 6.92 Å². The number of rotatable bonds is 6. The van der Waals surface area contributed by atoms with Gasteiger partial charge in [0.25, 0.3) is 0 Å². The molecule has 1 N–H and O–H groups in total. The minimum Gasteiger partial charge on any atom is -0.497 e. The molecule has 152 valence electrons.